The second-order valence-corrected chi connectivity index (χ2v) is 3.41. The van der Waals surface area contributed by atoms with E-state index >= 15 is 0 Å². The number of rotatable bonds is 2. The third-order valence-electron chi connectivity index (χ3n) is 2.34. The third-order valence-corrected chi connectivity index (χ3v) is 2.34. The van der Waals surface area contributed by atoms with Gasteiger partial charge in [-0.1, -0.05) is 0 Å². The fourth-order valence-corrected chi connectivity index (χ4v) is 1.56. The monoisotopic (exact) mass is 214 g/mol. The summed E-state index contributed by atoms with van der Waals surface area (Å²) in [4.78, 5) is 12.6. The molecule has 0 aliphatic rings. The summed E-state index contributed by atoms with van der Waals surface area (Å²) in [6, 6.07) is 3.78. The number of H-pyrrole nitrogens is 1. The van der Waals surface area contributed by atoms with Crippen LogP contribution in [0, 0.1) is 0 Å². The zero-order valence-electron chi connectivity index (χ0n) is 8.46. The highest BCUT2D eigenvalue weighted by Gasteiger charge is 2.07. The van der Waals surface area contributed by atoms with E-state index in [1.165, 1.54) is 0 Å². The zero-order valence-corrected chi connectivity index (χ0v) is 8.46. The molecule has 0 unspecified atom stereocenters. The van der Waals surface area contributed by atoms with Gasteiger partial charge in [-0.25, -0.2) is 9.50 Å². The molecular formula is C10H10N6. The summed E-state index contributed by atoms with van der Waals surface area (Å²) in [7, 11) is 0. The molecule has 3 aromatic heterocycles. The molecule has 0 radical (unpaired) electrons. The number of pyridine rings is 1. The van der Waals surface area contributed by atoms with Crippen LogP contribution in [-0.4, -0.2) is 24.6 Å². The van der Waals surface area contributed by atoms with Crippen LogP contribution in [0.4, 0.5) is 0 Å². The van der Waals surface area contributed by atoms with Crippen molar-refractivity contribution in [1.82, 2.24) is 24.6 Å². The summed E-state index contributed by atoms with van der Waals surface area (Å²) in [5.41, 5.74) is 7.30. The molecule has 0 saturated heterocycles. The van der Waals surface area contributed by atoms with Gasteiger partial charge in [0.25, 0.3) is 5.78 Å². The summed E-state index contributed by atoms with van der Waals surface area (Å²) in [5.74, 6) is 1.40. The van der Waals surface area contributed by atoms with Crippen molar-refractivity contribution in [2.75, 3.05) is 0 Å². The van der Waals surface area contributed by atoms with Crippen molar-refractivity contribution >= 4 is 5.78 Å². The number of nitrogens with two attached hydrogens (primary N) is 1. The molecule has 6 nitrogen and oxygen atoms in total. The molecule has 6 heteroatoms. The first-order valence-electron chi connectivity index (χ1n) is 4.91. The molecule has 3 aromatic rings. The Balaban J connectivity index is 2.10. The van der Waals surface area contributed by atoms with Crippen LogP contribution in [0.15, 0.2) is 30.7 Å². The summed E-state index contributed by atoms with van der Waals surface area (Å²) < 4.78 is 1.76. The Kier molecular flexibility index (Phi) is 1.94. The van der Waals surface area contributed by atoms with Gasteiger partial charge in [-0.2, -0.15) is 4.98 Å². The largest absolute Gasteiger partial charge is 0.325 e. The number of hydrogen-bond donors (Lipinski definition) is 2. The van der Waals surface area contributed by atoms with Gasteiger partial charge in [0, 0.05) is 24.5 Å². The molecule has 0 aromatic carbocycles. The van der Waals surface area contributed by atoms with E-state index in [9.17, 15) is 0 Å². The molecule has 3 N–H and O–H groups in total. The van der Waals surface area contributed by atoms with Crippen molar-refractivity contribution in [2.24, 2.45) is 5.73 Å². The second-order valence-electron chi connectivity index (χ2n) is 3.41. The van der Waals surface area contributed by atoms with E-state index in [0.717, 1.165) is 17.1 Å². The molecule has 0 spiro atoms. The van der Waals surface area contributed by atoms with E-state index in [2.05, 4.69) is 20.1 Å². The highest BCUT2D eigenvalue weighted by atomic mass is 15.3. The molecule has 0 aliphatic carbocycles. The van der Waals surface area contributed by atoms with Gasteiger partial charge in [0.15, 0.2) is 5.82 Å². The zero-order chi connectivity index (χ0) is 11.0. The van der Waals surface area contributed by atoms with E-state index in [1.54, 1.807) is 16.9 Å². The van der Waals surface area contributed by atoms with Crippen molar-refractivity contribution in [2.45, 2.75) is 6.54 Å². The van der Waals surface area contributed by atoms with Crippen molar-refractivity contribution in [1.29, 1.82) is 0 Å². The molecule has 0 aliphatic heterocycles. The summed E-state index contributed by atoms with van der Waals surface area (Å²) in [5, 5.41) is 3.13. The van der Waals surface area contributed by atoms with Crippen LogP contribution in [0.2, 0.25) is 0 Å². The Morgan fingerprint density at radius 3 is 2.75 bits per heavy atom. The Morgan fingerprint density at radius 2 is 2.06 bits per heavy atom. The van der Waals surface area contributed by atoms with Gasteiger partial charge in [0.2, 0.25) is 0 Å². The van der Waals surface area contributed by atoms with E-state index in [-0.39, 0.29) is 0 Å². The highest BCUT2D eigenvalue weighted by Crippen LogP contribution is 2.14. The first kappa shape index (κ1) is 9.05. The minimum Gasteiger partial charge on any atom is -0.325 e. The van der Waals surface area contributed by atoms with Gasteiger partial charge in [0.05, 0.1) is 11.9 Å². The molecule has 0 saturated carbocycles. The lowest BCUT2D eigenvalue weighted by Crippen LogP contribution is -1.96. The van der Waals surface area contributed by atoms with Crippen molar-refractivity contribution < 1.29 is 0 Å². The van der Waals surface area contributed by atoms with Gasteiger partial charge >= 0.3 is 0 Å². The number of fused-ring (bicyclic) bond motifs is 1. The van der Waals surface area contributed by atoms with Crippen LogP contribution in [-0.2, 0) is 6.54 Å². The number of aromatic nitrogens is 5. The van der Waals surface area contributed by atoms with Crippen molar-refractivity contribution in [3.63, 3.8) is 0 Å². The fraction of sp³-hybridized carbons (Fsp3) is 0.100. The highest BCUT2D eigenvalue weighted by molar-refractivity contribution is 5.55. The predicted molar refractivity (Wildman–Crippen MR) is 58.5 cm³/mol. The summed E-state index contributed by atoms with van der Waals surface area (Å²) in [6.45, 7) is 0.418. The van der Waals surface area contributed by atoms with Crippen LogP contribution in [0.1, 0.15) is 5.69 Å². The Morgan fingerprint density at radius 1 is 1.25 bits per heavy atom. The minimum atomic E-state index is 0.418. The van der Waals surface area contributed by atoms with E-state index < -0.39 is 0 Å². The number of hydrogen-bond acceptors (Lipinski definition) is 4. The first-order chi connectivity index (χ1) is 7.86. The Hall–Kier alpha value is -2.21. The maximum Gasteiger partial charge on any atom is 0.251 e. The molecule has 3 rings (SSSR count). The number of imidazole rings is 1. The topological polar surface area (TPSA) is 84.9 Å². The predicted octanol–water partition coefficient (Wildman–Crippen LogP) is 0.578. The Bertz CT molecular complexity index is 577. The lowest BCUT2D eigenvalue weighted by molar-refractivity contribution is 0.958. The van der Waals surface area contributed by atoms with Crippen LogP contribution in [0.5, 0.6) is 0 Å². The van der Waals surface area contributed by atoms with E-state index in [0.29, 0.717) is 12.3 Å². The quantitative estimate of drug-likeness (QED) is 0.653. The molecule has 3 heterocycles. The maximum atomic E-state index is 5.50. The molecule has 0 fully saturated rings. The lowest BCUT2D eigenvalue weighted by atomic mass is 10.3. The Labute approximate surface area is 91.1 Å². The molecule has 0 atom stereocenters. The van der Waals surface area contributed by atoms with Crippen LogP contribution in [0.25, 0.3) is 17.2 Å². The maximum absolute atomic E-state index is 5.50. The normalized spacial score (nSPS) is 11.1. The standard InChI is InChI=1S/C10H10N6/c11-5-8-6-16-10(13-8)14-9(15-16)7-1-3-12-4-2-7/h1-4,6H,5,11H2,(H,13,14,15). The number of nitrogens with zero attached hydrogens (tertiary/aromatic N) is 4. The number of nitrogens with one attached hydrogen (secondary N) is 1. The second kappa shape index (κ2) is 3.42. The van der Waals surface area contributed by atoms with E-state index in [1.807, 2.05) is 18.3 Å². The molecular weight excluding hydrogens is 204 g/mol. The average Bonchev–Trinajstić information content (AvgIpc) is 2.87. The SMILES string of the molecule is NCc1cn2[nH]c(-c3ccncc3)nc2n1. The van der Waals surface area contributed by atoms with Gasteiger partial charge in [-0.05, 0) is 12.1 Å². The summed E-state index contributed by atoms with van der Waals surface area (Å²) in [6.07, 6.45) is 5.30. The molecule has 80 valence electrons. The van der Waals surface area contributed by atoms with Crippen LogP contribution < -0.4 is 5.73 Å². The van der Waals surface area contributed by atoms with Crippen LogP contribution in [0.3, 0.4) is 0 Å². The first-order valence-corrected chi connectivity index (χ1v) is 4.91. The smallest absolute Gasteiger partial charge is 0.251 e. The molecule has 0 amide bonds. The average molecular weight is 214 g/mol. The van der Waals surface area contributed by atoms with Crippen molar-refractivity contribution in [3.8, 4) is 11.4 Å². The molecule has 16 heavy (non-hydrogen) atoms. The number of aromatic amines is 1. The van der Waals surface area contributed by atoms with Gasteiger partial charge in [0.1, 0.15) is 0 Å². The third kappa shape index (κ3) is 1.36. The van der Waals surface area contributed by atoms with Crippen LogP contribution >= 0.6 is 0 Å². The van der Waals surface area contributed by atoms with Gasteiger partial charge in [-0.15, -0.1) is 0 Å². The fourth-order valence-electron chi connectivity index (χ4n) is 1.56. The lowest BCUT2D eigenvalue weighted by Gasteiger charge is -1.93. The van der Waals surface area contributed by atoms with Gasteiger partial charge < -0.3 is 5.73 Å². The van der Waals surface area contributed by atoms with Gasteiger partial charge in [-0.3, -0.25) is 10.1 Å². The van der Waals surface area contributed by atoms with Crippen molar-refractivity contribution in [3.05, 3.63) is 36.4 Å². The molecule has 0 bridgehead atoms. The van der Waals surface area contributed by atoms with E-state index in [4.69, 9.17) is 5.73 Å². The minimum absolute atomic E-state index is 0.418. The summed E-state index contributed by atoms with van der Waals surface area (Å²) >= 11 is 0.